The molecule has 2 aliphatic rings. The molecule has 0 spiro atoms. The Labute approximate surface area is 221 Å². The number of ketones is 1. The average molecular weight is 511 g/mol. The van der Waals surface area contributed by atoms with E-state index in [1.54, 1.807) is 12.0 Å². The van der Waals surface area contributed by atoms with Crippen LogP contribution in [0.1, 0.15) is 54.3 Å². The second-order valence-electron chi connectivity index (χ2n) is 9.93. The van der Waals surface area contributed by atoms with Gasteiger partial charge in [0.2, 0.25) is 5.91 Å². The minimum Gasteiger partial charge on any atom is -0.497 e. The molecule has 1 N–H and O–H groups in total. The van der Waals surface area contributed by atoms with E-state index in [-0.39, 0.29) is 30.4 Å². The summed E-state index contributed by atoms with van der Waals surface area (Å²) in [6, 6.07) is 22.4. The van der Waals surface area contributed by atoms with Crippen molar-refractivity contribution in [3.8, 4) is 5.75 Å². The molecule has 3 atom stereocenters. The first-order valence-electron chi connectivity index (χ1n) is 12.8. The molecule has 1 aliphatic carbocycles. The summed E-state index contributed by atoms with van der Waals surface area (Å²) in [6.45, 7) is 1.93. The van der Waals surface area contributed by atoms with E-state index in [1.807, 2.05) is 79.7 Å². The molecule has 1 amide bonds. The predicted octanol–water partition coefficient (Wildman–Crippen LogP) is 5.79. The number of nitrogens with zero attached hydrogens (tertiary/aromatic N) is 2. The van der Waals surface area contributed by atoms with Gasteiger partial charge in [-0.1, -0.05) is 48.5 Å². The number of anilines is 1. The number of hydrogen-bond acceptors (Lipinski definition) is 5. The zero-order chi connectivity index (χ0) is 26.8. The number of carboxylic acids is 1. The number of carbonyl (C=O) groups is 3. The Morgan fingerprint density at radius 2 is 1.71 bits per heavy atom. The van der Waals surface area contributed by atoms with E-state index in [4.69, 9.17) is 9.73 Å². The van der Waals surface area contributed by atoms with Gasteiger partial charge in [0, 0.05) is 18.6 Å². The molecule has 1 aliphatic heterocycles. The number of aliphatic imine (C=N–C) groups is 1. The van der Waals surface area contributed by atoms with Gasteiger partial charge in [-0.2, -0.15) is 0 Å². The fourth-order valence-electron chi connectivity index (χ4n) is 5.58. The van der Waals surface area contributed by atoms with Gasteiger partial charge >= 0.3 is 5.97 Å². The van der Waals surface area contributed by atoms with Crippen LogP contribution < -0.4 is 9.64 Å². The molecule has 3 unspecified atom stereocenters. The number of ether oxygens (including phenoxy) is 1. The number of carbonyl (C=O) groups excluding carboxylic acids is 2. The summed E-state index contributed by atoms with van der Waals surface area (Å²) in [5, 5.41) is 9.30. The van der Waals surface area contributed by atoms with Gasteiger partial charge < -0.3 is 14.7 Å². The average Bonchev–Trinajstić information content (AvgIpc) is 3.06. The Bertz CT molecular complexity index is 1400. The van der Waals surface area contributed by atoms with Crippen LogP contribution in [0.3, 0.4) is 0 Å². The van der Waals surface area contributed by atoms with Crippen molar-refractivity contribution in [2.45, 2.75) is 44.6 Å². The minimum atomic E-state index is -1.05. The minimum absolute atomic E-state index is 0.00150. The van der Waals surface area contributed by atoms with E-state index >= 15 is 0 Å². The molecule has 0 bridgehead atoms. The van der Waals surface area contributed by atoms with Crippen molar-refractivity contribution in [3.63, 3.8) is 0 Å². The van der Waals surface area contributed by atoms with Gasteiger partial charge in [0.05, 0.1) is 36.9 Å². The SMILES string of the molecule is COc1ccc(C2C3C(=O)CC(c4ccccc4)CC3=Nc3ccc(C)cc3N2C(=O)CCC(=O)O)cc1. The number of Topliss-reactive ketones (excluding diaryl/α,β-unsaturated/α-hetero) is 1. The third kappa shape index (κ3) is 4.96. The fraction of sp³-hybridized carbons (Fsp3) is 0.290. The Hall–Kier alpha value is -4.26. The van der Waals surface area contributed by atoms with Gasteiger partial charge in [0.25, 0.3) is 0 Å². The number of amides is 1. The van der Waals surface area contributed by atoms with Gasteiger partial charge in [-0.05, 0) is 60.2 Å². The molecule has 1 fully saturated rings. The van der Waals surface area contributed by atoms with E-state index in [0.29, 0.717) is 30.0 Å². The van der Waals surface area contributed by atoms with Crippen molar-refractivity contribution in [2.24, 2.45) is 10.9 Å². The Morgan fingerprint density at radius 3 is 2.39 bits per heavy atom. The molecule has 0 aromatic heterocycles. The molecule has 1 saturated carbocycles. The van der Waals surface area contributed by atoms with Gasteiger partial charge in [0.15, 0.2) is 0 Å². The maximum absolute atomic E-state index is 14.0. The lowest BCUT2D eigenvalue weighted by Crippen LogP contribution is -2.45. The molecule has 7 nitrogen and oxygen atoms in total. The molecule has 194 valence electrons. The van der Waals surface area contributed by atoms with Crippen LogP contribution in [-0.2, 0) is 14.4 Å². The summed E-state index contributed by atoms with van der Waals surface area (Å²) >= 11 is 0. The largest absolute Gasteiger partial charge is 0.497 e. The molecule has 0 radical (unpaired) electrons. The number of methoxy groups -OCH3 is 1. The summed E-state index contributed by atoms with van der Waals surface area (Å²) in [4.78, 5) is 45.8. The first-order chi connectivity index (χ1) is 18.4. The number of hydrogen-bond donors (Lipinski definition) is 1. The lowest BCUT2D eigenvalue weighted by atomic mass is 9.72. The van der Waals surface area contributed by atoms with Crippen LogP contribution in [0.25, 0.3) is 0 Å². The summed E-state index contributed by atoms with van der Waals surface area (Å²) in [7, 11) is 1.58. The molecule has 1 heterocycles. The van der Waals surface area contributed by atoms with Crippen LogP contribution in [0.5, 0.6) is 5.75 Å². The number of benzene rings is 3. The van der Waals surface area contributed by atoms with Crippen molar-refractivity contribution in [3.05, 3.63) is 89.5 Å². The van der Waals surface area contributed by atoms with Crippen LogP contribution in [0.2, 0.25) is 0 Å². The van der Waals surface area contributed by atoms with Gasteiger partial charge in [-0.15, -0.1) is 0 Å². The molecular weight excluding hydrogens is 480 g/mol. The number of aryl methyl sites for hydroxylation is 1. The standard InChI is InChI=1S/C31H30N2O5/c1-19-8-13-24-26(16-19)33(28(35)14-15-29(36)37)31(21-9-11-23(38-2)12-10-21)30-25(32-24)17-22(18-27(30)34)20-6-4-3-5-7-20/h3-13,16,22,30-31H,14-15,17-18H2,1-2H3,(H,36,37). The highest BCUT2D eigenvalue weighted by atomic mass is 16.5. The number of aliphatic carboxylic acids is 1. The second-order valence-corrected chi connectivity index (χ2v) is 9.93. The second kappa shape index (κ2) is 10.6. The van der Waals surface area contributed by atoms with Crippen molar-refractivity contribution < 1.29 is 24.2 Å². The third-order valence-electron chi connectivity index (χ3n) is 7.41. The molecule has 5 rings (SSSR count). The normalized spacial score (nSPS) is 20.6. The van der Waals surface area contributed by atoms with E-state index in [1.165, 1.54) is 0 Å². The maximum Gasteiger partial charge on any atom is 0.303 e. The van der Waals surface area contributed by atoms with Gasteiger partial charge in [0.1, 0.15) is 11.5 Å². The van der Waals surface area contributed by atoms with Gasteiger partial charge in [-0.3, -0.25) is 19.4 Å². The quantitative estimate of drug-likeness (QED) is 0.453. The zero-order valence-corrected chi connectivity index (χ0v) is 21.5. The molecule has 38 heavy (non-hydrogen) atoms. The van der Waals surface area contributed by atoms with Crippen LogP contribution in [0.15, 0.2) is 77.8 Å². The Kier molecular flexibility index (Phi) is 7.09. The molecule has 3 aromatic rings. The monoisotopic (exact) mass is 510 g/mol. The first kappa shape index (κ1) is 25.4. The van der Waals surface area contributed by atoms with Crippen molar-refractivity contribution in [1.82, 2.24) is 0 Å². The third-order valence-corrected chi connectivity index (χ3v) is 7.41. The number of fused-ring (bicyclic) bond motifs is 2. The first-order valence-corrected chi connectivity index (χ1v) is 12.8. The smallest absolute Gasteiger partial charge is 0.303 e. The maximum atomic E-state index is 14.0. The fourth-order valence-corrected chi connectivity index (χ4v) is 5.58. The molecular formula is C31H30N2O5. The molecule has 7 heteroatoms. The zero-order valence-electron chi connectivity index (χ0n) is 21.5. The van der Waals surface area contributed by atoms with Crippen molar-refractivity contribution >= 4 is 34.7 Å². The van der Waals surface area contributed by atoms with E-state index in [2.05, 4.69) is 0 Å². The Morgan fingerprint density at radius 1 is 0.974 bits per heavy atom. The highest BCUT2D eigenvalue weighted by Gasteiger charge is 2.46. The summed E-state index contributed by atoms with van der Waals surface area (Å²) < 4.78 is 5.35. The predicted molar refractivity (Wildman–Crippen MR) is 145 cm³/mol. The summed E-state index contributed by atoms with van der Waals surface area (Å²) in [5.74, 6) is -1.37. The van der Waals surface area contributed by atoms with Gasteiger partial charge in [-0.25, -0.2) is 0 Å². The van der Waals surface area contributed by atoms with Crippen molar-refractivity contribution in [1.29, 1.82) is 0 Å². The topological polar surface area (TPSA) is 96.3 Å². The van der Waals surface area contributed by atoms with E-state index < -0.39 is 17.9 Å². The van der Waals surface area contributed by atoms with Crippen LogP contribution >= 0.6 is 0 Å². The molecule has 3 aromatic carbocycles. The van der Waals surface area contributed by atoms with E-state index in [9.17, 15) is 19.5 Å². The van der Waals surface area contributed by atoms with Crippen LogP contribution in [0, 0.1) is 12.8 Å². The Balaban J connectivity index is 1.68. The summed E-state index contributed by atoms with van der Waals surface area (Å²) in [6.07, 6.45) is 0.455. The van der Waals surface area contributed by atoms with Crippen LogP contribution in [-0.4, -0.2) is 35.6 Å². The lowest BCUT2D eigenvalue weighted by Gasteiger charge is -2.39. The summed E-state index contributed by atoms with van der Waals surface area (Å²) in [5.41, 5.74) is 4.74. The number of carboxylic acid groups (broad SMARTS) is 1. The van der Waals surface area contributed by atoms with E-state index in [0.717, 1.165) is 22.4 Å². The highest BCUT2D eigenvalue weighted by molar-refractivity contribution is 6.13. The highest BCUT2D eigenvalue weighted by Crippen LogP contribution is 2.48. The van der Waals surface area contributed by atoms with Crippen molar-refractivity contribution in [2.75, 3.05) is 12.0 Å². The molecule has 0 saturated heterocycles. The van der Waals surface area contributed by atoms with Crippen LogP contribution in [0.4, 0.5) is 11.4 Å². The number of rotatable bonds is 6. The lowest BCUT2D eigenvalue weighted by molar-refractivity contribution is -0.138.